The molecule has 0 aromatic heterocycles. The number of amides is 2. The molecule has 1 unspecified atom stereocenters. The van der Waals surface area contributed by atoms with Crippen LogP contribution in [0.15, 0.2) is 28.7 Å². The first kappa shape index (κ1) is 16.3. The molecular weight excluding hydrogens is 342 g/mol. The van der Waals surface area contributed by atoms with E-state index in [0.717, 1.165) is 25.7 Å². The summed E-state index contributed by atoms with van der Waals surface area (Å²) < 4.78 is 10.7. The van der Waals surface area contributed by atoms with Crippen LogP contribution in [0.25, 0.3) is 0 Å². The summed E-state index contributed by atoms with van der Waals surface area (Å²) in [5.41, 5.74) is 0.561. The fourth-order valence-corrected chi connectivity index (χ4v) is 3.81. The SMILES string of the molecule is O=C(CCN1C(=O)C2C=C3OCOC3=CC2=NC1=S)NC1CCCC1. The zero-order chi connectivity index (χ0) is 17.4. The van der Waals surface area contributed by atoms with Crippen LogP contribution in [0, 0.1) is 5.92 Å². The molecule has 0 bridgehead atoms. The van der Waals surface area contributed by atoms with E-state index in [4.69, 9.17) is 21.7 Å². The Morgan fingerprint density at radius 2 is 2.08 bits per heavy atom. The van der Waals surface area contributed by atoms with Crippen molar-refractivity contribution in [2.24, 2.45) is 10.9 Å². The van der Waals surface area contributed by atoms with E-state index in [2.05, 4.69) is 10.3 Å². The molecule has 2 fully saturated rings. The van der Waals surface area contributed by atoms with E-state index in [1.807, 2.05) is 0 Å². The first-order valence-electron chi connectivity index (χ1n) is 8.54. The minimum absolute atomic E-state index is 0.0472. The molecular formula is C17H19N3O4S. The number of fused-ring (bicyclic) bond motifs is 2. The van der Waals surface area contributed by atoms with Crippen molar-refractivity contribution in [1.82, 2.24) is 10.2 Å². The second-order valence-corrected chi connectivity index (χ2v) is 6.90. The van der Waals surface area contributed by atoms with E-state index >= 15 is 0 Å². The molecule has 2 aliphatic carbocycles. The summed E-state index contributed by atoms with van der Waals surface area (Å²) in [5, 5.41) is 3.21. The Hall–Kier alpha value is -2.22. The number of hydrogen-bond donors (Lipinski definition) is 1. The maximum Gasteiger partial charge on any atom is 0.241 e. The average molecular weight is 361 g/mol. The molecule has 0 radical (unpaired) electrons. The van der Waals surface area contributed by atoms with Crippen LogP contribution in [0.5, 0.6) is 0 Å². The summed E-state index contributed by atoms with van der Waals surface area (Å²) in [6.07, 6.45) is 8.01. The molecule has 8 heteroatoms. The average Bonchev–Trinajstić information content (AvgIpc) is 3.24. The van der Waals surface area contributed by atoms with Crippen molar-refractivity contribution in [3.63, 3.8) is 0 Å². The maximum atomic E-state index is 12.8. The number of allylic oxidation sites excluding steroid dienone is 1. The highest BCUT2D eigenvalue weighted by Gasteiger charge is 2.38. The normalized spacial score (nSPS) is 25.4. The van der Waals surface area contributed by atoms with Gasteiger partial charge >= 0.3 is 0 Å². The summed E-state index contributed by atoms with van der Waals surface area (Å²) >= 11 is 5.25. The predicted octanol–water partition coefficient (Wildman–Crippen LogP) is 1.41. The summed E-state index contributed by atoms with van der Waals surface area (Å²) in [7, 11) is 0. The van der Waals surface area contributed by atoms with Crippen molar-refractivity contribution in [1.29, 1.82) is 0 Å². The molecule has 4 rings (SSSR count). The van der Waals surface area contributed by atoms with Crippen LogP contribution in [0.3, 0.4) is 0 Å². The third kappa shape index (κ3) is 3.18. The van der Waals surface area contributed by atoms with Gasteiger partial charge in [0.2, 0.25) is 23.7 Å². The van der Waals surface area contributed by atoms with Crippen molar-refractivity contribution in [3.05, 3.63) is 23.7 Å². The second kappa shape index (κ2) is 6.59. The fraction of sp³-hybridized carbons (Fsp3) is 0.529. The fourth-order valence-electron chi connectivity index (χ4n) is 3.52. The van der Waals surface area contributed by atoms with Crippen LogP contribution >= 0.6 is 12.2 Å². The van der Waals surface area contributed by atoms with Gasteiger partial charge in [0.15, 0.2) is 11.5 Å². The Labute approximate surface area is 150 Å². The molecule has 0 spiro atoms. The number of carbonyl (C=O) groups excluding carboxylic acids is 2. The van der Waals surface area contributed by atoms with E-state index in [9.17, 15) is 9.59 Å². The molecule has 4 aliphatic rings. The number of rotatable bonds is 4. The highest BCUT2D eigenvalue weighted by atomic mass is 32.1. The number of hydrogen-bond acceptors (Lipinski definition) is 5. The number of thiocarbonyl (C=S) groups is 1. The number of nitrogens with one attached hydrogen (secondary N) is 1. The smallest absolute Gasteiger partial charge is 0.241 e. The molecule has 1 N–H and O–H groups in total. The molecule has 0 aromatic rings. The minimum Gasteiger partial charge on any atom is -0.454 e. The van der Waals surface area contributed by atoms with Gasteiger partial charge in [-0.15, -0.1) is 0 Å². The minimum atomic E-state index is -0.537. The van der Waals surface area contributed by atoms with E-state index in [-0.39, 0.29) is 42.7 Å². The zero-order valence-corrected chi connectivity index (χ0v) is 14.5. The highest BCUT2D eigenvalue weighted by Crippen LogP contribution is 2.31. The first-order valence-corrected chi connectivity index (χ1v) is 8.95. The first-order chi connectivity index (χ1) is 12.1. The van der Waals surface area contributed by atoms with Gasteiger partial charge in [0.05, 0.1) is 5.71 Å². The monoisotopic (exact) mass is 361 g/mol. The highest BCUT2D eigenvalue weighted by molar-refractivity contribution is 7.80. The molecule has 7 nitrogen and oxygen atoms in total. The lowest BCUT2D eigenvalue weighted by atomic mass is 9.94. The van der Waals surface area contributed by atoms with Crippen molar-refractivity contribution in [3.8, 4) is 0 Å². The second-order valence-electron chi connectivity index (χ2n) is 6.53. The molecule has 132 valence electrons. The van der Waals surface area contributed by atoms with Crippen molar-refractivity contribution < 1.29 is 19.1 Å². The quantitative estimate of drug-likeness (QED) is 0.766. The van der Waals surface area contributed by atoms with Gasteiger partial charge in [0.1, 0.15) is 5.92 Å². The number of ether oxygens (including phenoxy) is 2. The summed E-state index contributed by atoms with van der Waals surface area (Å²) in [4.78, 5) is 30.6. The van der Waals surface area contributed by atoms with Crippen LogP contribution in [-0.2, 0) is 19.1 Å². The summed E-state index contributed by atoms with van der Waals surface area (Å²) in [6, 6.07) is 0.271. The van der Waals surface area contributed by atoms with Crippen LogP contribution in [-0.4, -0.2) is 46.9 Å². The molecule has 1 saturated heterocycles. The topological polar surface area (TPSA) is 80.2 Å². The lowest BCUT2D eigenvalue weighted by molar-refractivity contribution is -0.129. The third-order valence-corrected chi connectivity index (χ3v) is 5.17. The van der Waals surface area contributed by atoms with Gasteiger partial charge in [-0.25, -0.2) is 4.99 Å². The Kier molecular flexibility index (Phi) is 4.29. The lowest BCUT2D eigenvalue weighted by Gasteiger charge is -2.30. The van der Waals surface area contributed by atoms with Crippen LogP contribution in [0.4, 0.5) is 0 Å². The van der Waals surface area contributed by atoms with Gasteiger partial charge in [-0.1, -0.05) is 12.8 Å². The van der Waals surface area contributed by atoms with Gasteiger partial charge < -0.3 is 14.8 Å². The third-order valence-electron chi connectivity index (χ3n) is 4.86. The van der Waals surface area contributed by atoms with E-state index < -0.39 is 5.92 Å². The zero-order valence-electron chi connectivity index (χ0n) is 13.7. The van der Waals surface area contributed by atoms with Crippen molar-refractivity contribution in [2.45, 2.75) is 38.1 Å². The Morgan fingerprint density at radius 1 is 1.32 bits per heavy atom. The Bertz CT molecular complexity index is 721. The largest absolute Gasteiger partial charge is 0.454 e. The van der Waals surface area contributed by atoms with Crippen molar-refractivity contribution >= 4 is 34.9 Å². The summed E-state index contributed by atoms with van der Waals surface area (Å²) in [6.45, 7) is 0.377. The van der Waals surface area contributed by atoms with Gasteiger partial charge in [-0.3, -0.25) is 14.5 Å². The van der Waals surface area contributed by atoms with E-state index in [0.29, 0.717) is 17.2 Å². The Morgan fingerprint density at radius 3 is 2.88 bits per heavy atom. The predicted molar refractivity (Wildman–Crippen MR) is 93.5 cm³/mol. The van der Waals surface area contributed by atoms with Gasteiger partial charge in [0, 0.05) is 25.1 Å². The van der Waals surface area contributed by atoms with Gasteiger partial charge in [-0.2, -0.15) is 0 Å². The standard InChI is InChI=1S/C17H19N3O4S/c21-15(18-10-3-1-2-4-10)5-6-20-16(22)11-7-13-14(24-9-23-13)8-12(11)19-17(20)25/h7-8,10-11H,1-6,9H2,(H,18,21). The van der Waals surface area contributed by atoms with Crippen LogP contribution < -0.4 is 5.32 Å². The molecule has 0 aromatic carbocycles. The number of aliphatic imine (C=N–C) groups is 1. The van der Waals surface area contributed by atoms with Crippen LogP contribution in [0.1, 0.15) is 32.1 Å². The van der Waals surface area contributed by atoms with E-state index in [1.165, 1.54) is 4.90 Å². The molecule has 1 atom stereocenters. The van der Waals surface area contributed by atoms with Crippen molar-refractivity contribution in [2.75, 3.05) is 13.3 Å². The molecule has 25 heavy (non-hydrogen) atoms. The van der Waals surface area contributed by atoms with Gasteiger partial charge in [0.25, 0.3) is 0 Å². The molecule has 2 heterocycles. The van der Waals surface area contributed by atoms with E-state index in [1.54, 1.807) is 12.2 Å². The Balaban J connectivity index is 1.41. The summed E-state index contributed by atoms with van der Waals surface area (Å²) in [5.74, 6) is 0.375. The van der Waals surface area contributed by atoms with Crippen LogP contribution in [0.2, 0.25) is 0 Å². The maximum absolute atomic E-state index is 12.8. The number of nitrogens with zero attached hydrogens (tertiary/aromatic N) is 2. The molecule has 2 amide bonds. The molecule has 1 saturated carbocycles. The molecule has 2 aliphatic heterocycles. The van der Waals surface area contributed by atoms with Gasteiger partial charge in [-0.05, 0) is 31.1 Å². The number of carbonyl (C=O) groups is 2. The lowest BCUT2D eigenvalue weighted by Crippen LogP contribution is -2.47.